The second kappa shape index (κ2) is 10.6. The smallest absolute Gasteiger partial charge is 0.274 e. The third kappa shape index (κ3) is 5.67. The Morgan fingerprint density at radius 3 is 2.58 bits per heavy atom. The molecule has 0 saturated carbocycles. The molecule has 0 N–H and O–H groups in total. The number of aryl methyl sites for hydroxylation is 1. The standard InChI is InChI=1S/C21H25BrClN5O6S2/c1-6-14-11-27(4)24-18(14)21(29)26(3)7-8-34-12-13(2)36(32,33)15-9-16-19(17(23)10-15)28(25-20(16)22)35(5,30)31/h6,9-11,13H,1,7-8,12H2,2-5H3/t13-/m0/s1. The summed E-state index contributed by atoms with van der Waals surface area (Å²) in [5, 5.41) is 7.29. The Balaban J connectivity index is 1.68. The van der Waals surface area contributed by atoms with E-state index in [0.717, 1.165) is 10.3 Å². The van der Waals surface area contributed by atoms with Gasteiger partial charge in [-0.1, -0.05) is 24.3 Å². The Bertz CT molecular complexity index is 1550. The van der Waals surface area contributed by atoms with Crippen molar-refractivity contribution in [2.24, 2.45) is 7.05 Å². The molecule has 196 valence electrons. The maximum Gasteiger partial charge on any atom is 0.274 e. The van der Waals surface area contributed by atoms with Gasteiger partial charge in [0.05, 0.1) is 34.6 Å². The molecule has 11 nitrogen and oxygen atoms in total. The van der Waals surface area contributed by atoms with Gasteiger partial charge in [-0.05, 0) is 35.0 Å². The Labute approximate surface area is 222 Å². The van der Waals surface area contributed by atoms with Gasteiger partial charge in [0.25, 0.3) is 15.9 Å². The van der Waals surface area contributed by atoms with E-state index in [1.165, 1.54) is 28.6 Å². The molecule has 0 bridgehead atoms. The zero-order valence-corrected chi connectivity index (χ0v) is 23.9. The van der Waals surface area contributed by atoms with E-state index < -0.39 is 25.1 Å². The molecule has 3 aromatic rings. The number of likely N-dealkylation sites (N-methyl/N-ethyl adjacent to an activating group) is 1. The molecule has 0 aliphatic carbocycles. The summed E-state index contributed by atoms with van der Waals surface area (Å²) < 4.78 is 58.3. The summed E-state index contributed by atoms with van der Waals surface area (Å²) in [6.45, 7) is 5.35. The average Bonchev–Trinajstić information content (AvgIpc) is 3.35. The number of fused-ring (bicyclic) bond motifs is 1. The van der Waals surface area contributed by atoms with Crippen LogP contribution in [0.2, 0.25) is 5.02 Å². The molecule has 0 spiro atoms. The fourth-order valence-corrected chi connectivity index (χ4v) is 6.43. The molecule has 3 rings (SSSR count). The average molecular weight is 623 g/mol. The van der Waals surface area contributed by atoms with Crippen molar-refractivity contribution in [1.29, 1.82) is 0 Å². The van der Waals surface area contributed by atoms with Gasteiger partial charge in [0.1, 0.15) is 10.1 Å². The van der Waals surface area contributed by atoms with Crippen molar-refractivity contribution >= 4 is 70.3 Å². The highest BCUT2D eigenvalue weighted by molar-refractivity contribution is 9.10. The first-order valence-corrected chi connectivity index (χ1v) is 15.1. The van der Waals surface area contributed by atoms with Crippen LogP contribution >= 0.6 is 27.5 Å². The fraction of sp³-hybridized carbons (Fsp3) is 0.381. The number of rotatable bonds is 10. The van der Waals surface area contributed by atoms with Gasteiger partial charge in [0, 0.05) is 37.8 Å². The lowest BCUT2D eigenvalue weighted by molar-refractivity contribution is 0.0692. The largest absolute Gasteiger partial charge is 0.378 e. The maximum atomic E-state index is 13.2. The van der Waals surface area contributed by atoms with Crippen molar-refractivity contribution in [3.05, 3.63) is 45.8 Å². The quantitative estimate of drug-likeness (QED) is 0.315. The van der Waals surface area contributed by atoms with E-state index in [0.29, 0.717) is 5.56 Å². The van der Waals surface area contributed by atoms with Crippen LogP contribution in [0.25, 0.3) is 17.0 Å². The molecule has 2 aromatic heterocycles. The van der Waals surface area contributed by atoms with Gasteiger partial charge in [-0.25, -0.2) is 16.8 Å². The first-order valence-electron chi connectivity index (χ1n) is 10.5. The summed E-state index contributed by atoms with van der Waals surface area (Å²) in [5.74, 6) is -0.307. The van der Waals surface area contributed by atoms with Gasteiger partial charge >= 0.3 is 0 Å². The number of ether oxygens (including phenoxy) is 1. The lowest BCUT2D eigenvalue weighted by atomic mass is 10.2. The van der Waals surface area contributed by atoms with E-state index in [1.807, 2.05) is 0 Å². The molecular formula is C21H25BrClN5O6S2. The number of hydrogen-bond donors (Lipinski definition) is 0. The lowest BCUT2D eigenvalue weighted by Gasteiger charge is -2.18. The zero-order valence-electron chi connectivity index (χ0n) is 20.0. The van der Waals surface area contributed by atoms with Crippen LogP contribution < -0.4 is 0 Å². The van der Waals surface area contributed by atoms with Gasteiger partial charge in [-0.3, -0.25) is 9.48 Å². The second-order valence-corrected chi connectivity index (χ2v) is 13.5. The van der Waals surface area contributed by atoms with Gasteiger partial charge in [-0.2, -0.15) is 9.19 Å². The molecule has 0 fully saturated rings. The zero-order chi connectivity index (χ0) is 27.0. The number of hydrogen-bond acceptors (Lipinski definition) is 8. The van der Waals surface area contributed by atoms with E-state index in [4.69, 9.17) is 16.3 Å². The molecule has 0 aliphatic rings. The van der Waals surface area contributed by atoms with Crippen LogP contribution in [-0.4, -0.2) is 84.9 Å². The molecule has 0 radical (unpaired) electrons. The fourth-order valence-electron chi connectivity index (χ4n) is 3.39. The van der Waals surface area contributed by atoms with Crippen molar-refractivity contribution in [2.75, 3.05) is 33.1 Å². The Morgan fingerprint density at radius 1 is 1.31 bits per heavy atom. The number of carbonyl (C=O) groups is 1. The van der Waals surface area contributed by atoms with E-state index in [1.54, 1.807) is 26.4 Å². The highest BCUT2D eigenvalue weighted by atomic mass is 79.9. The molecule has 36 heavy (non-hydrogen) atoms. The monoisotopic (exact) mass is 621 g/mol. The van der Waals surface area contributed by atoms with E-state index >= 15 is 0 Å². The predicted molar refractivity (Wildman–Crippen MR) is 140 cm³/mol. The third-order valence-electron chi connectivity index (χ3n) is 5.35. The number of sulfone groups is 1. The minimum Gasteiger partial charge on any atom is -0.378 e. The summed E-state index contributed by atoms with van der Waals surface area (Å²) in [5.41, 5.74) is 0.956. The highest BCUT2D eigenvalue weighted by Gasteiger charge is 2.28. The van der Waals surface area contributed by atoms with Crippen LogP contribution in [0.3, 0.4) is 0 Å². The molecule has 0 saturated heterocycles. The van der Waals surface area contributed by atoms with Crippen molar-refractivity contribution < 1.29 is 26.4 Å². The van der Waals surface area contributed by atoms with Gasteiger partial charge in [0.2, 0.25) is 0 Å². The summed E-state index contributed by atoms with van der Waals surface area (Å²) in [6.07, 6.45) is 4.20. The van der Waals surface area contributed by atoms with E-state index in [-0.39, 0.29) is 56.8 Å². The number of halogens is 2. The molecule has 1 atom stereocenters. The Hall–Kier alpha value is -2.26. The lowest BCUT2D eigenvalue weighted by Crippen LogP contribution is -2.32. The predicted octanol–water partition coefficient (Wildman–Crippen LogP) is 2.59. The summed E-state index contributed by atoms with van der Waals surface area (Å²) in [4.78, 5) is 14.0. The van der Waals surface area contributed by atoms with E-state index in [9.17, 15) is 21.6 Å². The molecule has 0 unspecified atom stereocenters. The normalized spacial score (nSPS) is 13.2. The van der Waals surface area contributed by atoms with Crippen LogP contribution in [0.1, 0.15) is 23.0 Å². The maximum absolute atomic E-state index is 13.2. The van der Waals surface area contributed by atoms with Gasteiger partial charge in [-0.15, -0.1) is 5.10 Å². The van der Waals surface area contributed by atoms with Crippen molar-refractivity contribution in [3.8, 4) is 0 Å². The minimum absolute atomic E-state index is 0.0728. The van der Waals surface area contributed by atoms with Crippen molar-refractivity contribution in [1.82, 2.24) is 23.9 Å². The topological polar surface area (TPSA) is 133 Å². The Morgan fingerprint density at radius 2 is 1.97 bits per heavy atom. The summed E-state index contributed by atoms with van der Waals surface area (Å²) in [7, 11) is -4.34. The van der Waals surface area contributed by atoms with Crippen molar-refractivity contribution in [2.45, 2.75) is 17.1 Å². The van der Waals surface area contributed by atoms with Crippen LogP contribution in [0.5, 0.6) is 0 Å². The highest BCUT2D eigenvalue weighted by Crippen LogP contribution is 2.34. The number of nitrogens with zero attached hydrogens (tertiary/aromatic N) is 5. The van der Waals surface area contributed by atoms with Crippen LogP contribution in [0, 0.1) is 0 Å². The van der Waals surface area contributed by atoms with Crippen LogP contribution in [-0.2, 0) is 31.6 Å². The van der Waals surface area contributed by atoms with Crippen LogP contribution in [0.15, 0.2) is 34.4 Å². The van der Waals surface area contributed by atoms with Crippen molar-refractivity contribution in [3.63, 3.8) is 0 Å². The third-order valence-corrected chi connectivity index (χ3v) is 9.21. The SMILES string of the molecule is C=Cc1cn(C)nc1C(=O)N(C)CCOC[C@H](C)S(=O)(=O)c1cc(Cl)c2c(c1)c(Br)nn2S(C)(=O)=O. The van der Waals surface area contributed by atoms with E-state index in [2.05, 4.69) is 32.7 Å². The first-order chi connectivity index (χ1) is 16.7. The summed E-state index contributed by atoms with van der Waals surface area (Å²) in [6, 6.07) is 2.52. The van der Waals surface area contributed by atoms with Gasteiger partial charge in [0.15, 0.2) is 15.5 Å². The number of carbonyl (C=O) groups excluding carboxylic acids is 1. The molecule has 1 aromatic carbocycles. The second-order valence-electron chi connectivity index (χ2n) is 8.17. The van der Waals surface area contributed by atoms with Gasteiger partial charge < -0.3 is 9.64 Å². The molecular weight excluding hydrogens is 598 g/mol. The number of amides is 1. The molecule has 1 amide bonds. The molecule has 2 heterocycles. The number of benzene rings is 1. The first kappa shape index (κ1) is 28.3. The minimum atomic E-state index is -3.88. The molecule has 0 aliphatic heterocycles. The summed E-state index contributed by atoms with van der Waals surface area (Å²) >= 11 is 9.44. The molecule has 15 heteroatoms. The number of aromatic nitrogens is 4. The Kier molecular flexibility index (Phi) is 8.35. The van der Waals surface area contributed by atoms with Crippen LogP contribution in [0.4, 0.5) is 0 Å².